The van der Waals surface area contributed by atoms with Crippen LogP contribution in [0.15, 0.2) is 29.8 Å². The van der Waals surface area contributed by atoms with E-state index in [1.54, 1.807) is 0 Å². The van der Waals surface area contributed by atoms with E-state index in [0.717, 1.165) is 43.4 Å². The summed E-state index contributed by atoms with van der Waals surface area (Å²) in [5.41, 5.74) is 0. The van der Waals surface area contributed by atoms with Gasteiger partial charge in [0.2, 0.25) is 0 Å². The lowest BCUT2D eigenvalue weighted by Crippen LogP contribution is -2.42. The maximum Gasteiger partial charge on any atom is 0.191 e. The summed E-state index contributed by atoms with van der Waals surface area (Å²) < 4.78 is 0. The van der Waals surface area contributed by atoms with Crippen molar-refractivity contribution in [2.24, 2.45) is 4.99 Å². The molecular weight excluding hydrogens is 357 g/mol. The van der Waals surface area contributed by atoms with Crippen LogP contribution in [0.5, 0.6) is 0 Å². The van der Waals surface area contributed by atoms with E-state index in [9.17, 15) is 0 Å². The summed E-state index contributed by atoms with van der Waals surface area (Å²) in [6.45, 7) is 7.56. The largest absolute Gasteiger partial charge is 0.357 e. The first-order valence-corrected chi connectivity index (χ1v) is 7.40. The van der Waals surface area contributed by atoms with Gasteiger partial charge in [-0.2, -0.15) is 11.8 Å². The topological polar surface area (TPSA) is 36.4 Å². The van der Waals surface area contributed by atoms with Crippen molar-refractivity contribution >= 4 is 41.7 Å². The predicted octanol–water partition coefficient (Wildman–Crippen LogP) is 2.80. The van der Waals surface area contributed by atoms with Crippen molar-refractivity contribution in [3.8, 4) is 0 Å². The molecule has 1 aliphatic carbocycles. The fourth-order valence-electron chi connectivity index (χ4n) is 1.64. The van der Waals surface area contributed by atoms with Gasteiger partial charge in [0.25, 0.3) is 0 Å². The van der Waals surface area contributed by atoms with Crippen LogP contribution in [0.4, 0.5) is 0 Å². The monoisotopic (exact) mass is 381 g/mol. The fourth-order valence-corrected chi connectivity index (χ4v) is 2.19. The average Bonchev–Trinajstić information content (AvgIpc) is 2.82. The molecular formula is C13H24IN3S. The molecule has 0 unspecified atom stereocenters. The molecule has 0 saturated heterocycles. The number of aliphatic imine (C=N–C) groups is 1. The molecule has 1 aliphatic rings. The summed E-state index contributed by atoms with van der Waals surface area (Å²) in [6.07, 6.45) is 8.59. The van der Waals surface area contributed by atoms with Crippen molar-refractivity contribution in [3.63, 3.8) is 0 Å². The zero-order chi connectivity index (χ0) is 12.3. The summed E-state index contributed by atoms with van der Waals surface area (Å²) in [6, 6.07) is 0.522. The van der Waals surface area contributed by atoms with Gasteiger partial charge in [-0.05, 0) is 19.8 Å². The third-order valence-corrected chi connectivity index (χ3v) is 3.38. The average molecular weight is 381 g/mol. The first-order chi connectivity index (χ1) is 8.36. The second-order valence-electron chi connectivity index (χ2n) is 3.91. The maximum atomic E-state index is 4.56. The smallest absolute Gasteiger partial charge is 0.191 e. The Balaban J connectivity index is 0.00000289. The lowest BCUT2D eigenvalue weighted by atomic mass is 10.2. The van der Waals surface area contributed by atoms with Crippen LogP contribution in [0.2, 0.25) is 0 Å². The number of thioether (sulfide) groups is 1. The van der Waals surface area contributed by atoms with Gasteiger partial charge in [0.15, 0.2) is 5.96 Å². The summed E-state index contributed by atoms with van der Waals surface area (Å²) in [5.74, 6) is 3.00. The van der Waals surface area contributed by atoms with Gasteiger partial charge >= 0.3 is 0 Å². The highest BCUT2D eigenvalue weighted by Crippen LogP contribution is 2.08. The van der Waals surface area contributed by atoms with E-state index in [2.05, 4.69) is 41.3 Å². The molecule has 0 aromatic heterocycles. The Hall–Kier alpha value is -0.170. The van der Waals surface area contributed by atoms with Gasteiger partial charge in [0, 0.05) is 24.1 Å². The highest BCUT2D eigenvalue weighted by molar-refractivity contribution is 14.0. The second-order valence-corrected chi connectivity index (χ2v) is 5.06. The molecule has 0 spiro atoms. The number of guanidine groups is 1. The van der Waals surface area contributed by atoms with Crippen LogP contribution in [-0.4, -0.2) is 36.6 Å². The molecule has 18 heavy (non-hydrogen) atoms. The number of hydrogen-bond donors (Lipinski definition) is 2. The molecule has 0 bridgehead atoms. The standard InChI is InChI=1S/C13H23N3S.HI/c1-3-10-17-11-9-15-13(14-4-2)16-12-7-5-6-8-12;/h3,5-6,12H,1,4,7-11H2,2H3,(H2,14,15,16);1H. The number of nitrogens with zero attached hydrogens (tertiary/aromatic N) is 1. The van der Waals surface area contributed by atoms with Crippen molar-refractivity contribution in [2.75, 3.05) is 24.6 Å². The van der Waals surface area contributed by atoms with E-state index >= 15 is 0 Å². The Morgan fingerprint density at radius 1 is 1.50 bits per heavy atom. The van der Waals surface area contributed by atoms with E-state index < -0.39 is 0 Å². The molecule has 0 amide bonds. The molecule has 0 atom stereocenters. The van der Waals surface area contributed by atoms with Gasteiger partial charge in [-0.25, -0.2) is 0 Å². The molecule has 0 fully saturated rings. The highest BCUT2D eigenvalue weighted by Gasteiger charge is 2.10. The quantitative estimate of drug-likeness (QED) is 0.234. The fraction of sp³-hybridized carbons (Fsp3) is 0.615. The molecule has 0 heterocycles. The molecule has 0 radical (unpaired) electrons. The molecule has 1 rings (SSSR count). The van der Waals surface area contributed by atoms with Crippen LogP contribution in [0, 0.1) is 0 Å². The number of rotatable bonds is 7. The van der Waals surface area contributed by atoms with E-state index in [4.69, 9.17) is 0 Å². The van der Waals surface area contributed by atoms with Crippen LogP contribution in [0.3, 0.4) is 0 Å². The van der Waals surface area contributed by atoms with Crippen LogP contribution < -0.4 is 10.6 Å². The predicted molar refractivity (Wildman–Crippen MR) is 94.2 cm³/mol. The summed E-state index contributed by atoms with van der Waals surface area (Å²) in [4.78, 5) is 4.56. The van der Waals surface area contributed by atoms with Gasteiger partial charge in [-0.3, -0.25) is 4.99 Å². The molecule has 0 aliphatic heterocycles. The maximum absolute atomic E-state index is 4.56. The molecule has 2 N–H and O–H groups in total. The van der Waals surface area contributed by atoms with Crippen molar-refractivity contribution in [3.05, 3.63) is 24.8 Å². The minimum Gasteiger partial charge on any atom is -0.357 e. The van der Waals surface area contributed by atoms with Gasteiger partial charge in [-0.15, -0.1) is 30.6 Å². The third kappa shape index (κ3) is 8.02. The second kappa shape index (κ2) is 11.9. The molecule has 0 aromatic carbocycles. The van der Waals surface area contributed by atoms with E-state index in [0.29, 0.717) is 6.04 Å². The van der Waals surface area contributed by atoms with Gasteiger partial charge in [-0.1, -0.05) is 18.2 Å². The Morgan fingerprint density at radius 3 is 2.83 bits per heavy atom. The van der Waals surface area contributed by atoms with Crippen LogP contribution >= 0.6 is 35.7 Å². The van der Waals surface area contributed by atoms with Gasteiger partial charge < -0.3 is 10.6 Å². The summed E-state index contributed by atoms with van der Waals surface area (Å²) in [5, 5.41) is 6.74. The summed E-state index contributed by atoms with van der Waals surface area (Å²) >= 11 is 1.86. The van der Waals surface area contributed by atoms with E-state index in [-0.39, 0.29) is 24.0 Å². The Labute approximate surface area is 132 Å². The van der Waals surface area contributed by atoms with Crippen molar-refractivity contribution in [2.45, 2.75) is 25.8 Å². The van der Waals surface area contributed by atoms with Gasteiger partial charge in [0.1, 0.15) is 0 Å². The first kappa shape index (κ1) is 17.8. The minimum absolute atomic E-state index is 0. The molecule has 0 saturated carbocycles. The number of nitrogens with one attached hydrogen (secondary N) is 2. The molecule has 104 valence electrons. The van der Waals surface area contributed by atoms with Crippen LogP contribution in [0.25, 0.3) is 0 Å². The number of hydrogen-bond acceptors (Lipinski definition) is 2. The van der Waals surface area contributed by atoms with Gasteiger partial charge in [0.05, 0.1) is 6.54 Å². The van der Waals surface area contributed by atoms with E-state index in [1.807, 2.05) is 17.8 Å². The molecule has 3 nitrogen and oxygen atoms in total. The van der Waals surface area contributed by atoms with Crippen molar-refractivity contribution < 1.29 is 0 Å². The van der Waals surface area contributed by atoms with Crippen LogP contribution in [0.1, 0.15) is 19.8 Å². The van der Waals surface area contributed by atoms with Crippen molar-refractivity contribution in [1.82, 2.24) is 10.6 Å². The summed E-state index contributed by atoms with van der Waals surface area (Å²) in [7, 11) is 0. The Kier molecular flexibility index (Phi) is 11.8. The zero-order valence-corrected chi connectivity index (χ0v) is 14.2. The van der Waals surface area contributed by atoms with Crippen molar-refractivity contribution in [1.29, 1.82) is 0 Å². The Morgan fingerprint density at radius 2 is 2.22 bits per heavy atom. The van der Waals surface area contributed by atoms with Crippen LogP contribution in [-0.2, 0) is 0 Å². The first-order valence-electron chi connectivity index (χ1n) is 6.25. The molecule has 0 aromatic rings. The third-order valence-electron chi connectivity index (χ3n) is 2.43. The lowest BCUT2D eigenvalue weighted by molar-refractivity contribution is 0.634. The zero-order valence-electron chi connectivity index (χ0n) is 11.0. The minimum atomic E-state index is 0. The highest BCUT2D eigenvalue weighted by atomic mass is 127. The SMILES string of the molecule is C=CCSCCN=C(NCC)NC1CC=CC1.I. The Bertz CT molecular complexity index is 271. The van der Waals surface area contributed by atoms with E-state index in [1.165, 1.54) is 0 Å². The molecule has 5 heteroatoms. The number of halogens is 1. The normalized spacial score (nSPS) is 15.3. The lowest BCUT2D eigenvalue weighted by Gasteiger charge is -2.16.